The molecule has 0 radical (unpaired) electrons. The molecule has 0 saturated heterocycles. The van der Waals surface area contributed by atoms with Gasteiger partial charge < -0.3 is 9.77 Å². The molecule has 1 aliphatic rings. The predicted octanol–water partition coefficient (Wildman–Crippen LogP) is 2.25. The van der Waals surface area contributed by atoms with Gasteiger partial charge in [0.15, 0.2) is 0 Å². The third-order valence-electron chi connectivity index (χ3n) is 3.29. The fourth-order valence-corrected chi connectivity index (χ4v) is 2.46. The highest BCUT2D eigenvalue weighted by Crippen LogP contribution is 2.29. The van der Waals surface area contributed by atoms with Crippen LogP contribution in [0.2, 0.25) is 0 Å². The molecule has 1 aromatic heterocycles. The van der Waals surface area contributed by atoms with Crippen molar-refractivity contribution in [3.05, 3.63) is 54.1 Å². The van der Waals surface area contributed by atoms with Crippen LogP contribution in [0.3, 0.4) is 0 Å². The highest BCUT2D eigenvalue weighted by molar-refractivity contribution is 6.05. The SMILES string of the molecule is O/N=C1\c2ccccc2CCC1n1ccnc1. The van der Waals surface area contributed by atoms with Gasteiger partial charge in [-0.2, -0.15) is 0 Å². The van der Waals surface area contributed by atoms with Crippen molar-refractivity contribution < 1.29 is 5.21 Å². The van der Waals surface area contributed by atoms with Gasteiger partial charge in [0.25, 0.3) is 0 Å². The molecule has 0 amide bonds. The van der Waals surface area contributed by atoms with Crippen molar-refractivity contribution in [2.45, 2.75) is 18.9 Å². The van der Waals surface area contributed by atoms with E-state index in [1.54, 1.807) is 12.5 Å². The Morgan fingerprint density at radius 1 is 1.35 bits per heavy atom. The van der Waals surface area contributed by atoms with Crippen LogP contribution in [0, 0.1) is 0 Å². The summed E-state index contributed by atoms with van der Waals surface area (Å²) in [5.74, 6) is 0. The molecule has 1 heterocycles. The van der Waals surface area contributed by atoms with E-state index in [0.717, 1.165) is 24.1 Å². The lowest BCUT2D eigenvalue weighted by molar-refractivity contribution is 0.313. The van der Waals surface area contributed by atoms with Gasteiger partial charge >= 0.3 is 0 Å². The average molecular weight is 227 g/mol. The van der Waals surface area contributed by atoms with Crippen molar-refractivity contribution in [2.75, 3.05) is 0 Å². The Kier molecular flexibility index (Phi) is 2.40. The van der Waals surface area contributed by atoms with Crippen LogP contribution in [-0.4, -0.2) is 20.5 Å². The monoisotopic (exact) mass is 227 g/mol. The maximum atomic E-state index is 9.26. The van der Waals surface area contributed by atoms with Crippen LogP contribution in [0.4, 0.5) is 0 Å². The predicted molar refractivity (Wildman–Crippen MR) is 64.4 cm³/mol. The molecule has 4 nitrogen and oxygen atoms in total. The van der Waals surface area contributed by atoms with E-state index in [1.807, 2.05) is 29.0 Å². The smallest absolute Gasteiger partial charge is 0.110 e. The highest BCUT2D eigenvalue weighted by atomic mass is 16.4. The summed E-state index contributed by atoms with van der Waals surface area (Å²) in [5, 5.41) is 12.8. The Bertz CT molecular complexity index is 546. The first-order chi connectivity index (χ1) is 8.40. The third kappa shape index (κ3) is 1.62. The molecule has 2 aromatic rings. The zero-order valence-corrected chi connectivity index (χ0v) is 9.32. The molecule has 1 aliphatic carbocycles. The Morgan fingerprint density at radius 2 is 2.24 bits per heavy atom. The Hall–Kier alpha value is -2.10. The fourth-order valence-electron chi connectivity index (χ4n) is 2.46. The minimum absolute atomic E-state index is 0.0809. The van der Waals surface area contributed by atoms with Crippen LogP contribution in [-0.2, 0) is 6.42 Å². The van der Waals surface area contributed by atoms with E-state index in [0.29, 0.717) is 0 Å². The highest BCUT2D eigenvalue weighted by Gasteiger charge is 2.26. The first-order valence-electron chi connectivity index (χ1n) is 5.68. The van der Waals surface area contributed by atoms with Crippen molar-refractivity contribution in [3.8, 4) is 0 Å². The summed E-state index contributed by atoms with van der Waals surface area (Å²) in [7, 11) is 0. The lowest BCUT2D eigenvalue weighted by Gasteiger charge is -2.26. The normalized spacial score (nSPS) is 21.4. The fraction of sp³-hybridized carbons (Fsp3) is 0.231. The van der Waals surface area contributed by atoms with Crippen LogP contribution < -0.4 is 0 Å². The van der Waals surface area contributed by atoms with E-state index < -0.39 is 0 Å². The van der Waals surface area contributed by atoms with Crippen molar-refractivity contribution in [1.29, 1.82) is 0 Å². The van der Waals surface area contributed by atoms with Gasteiger partial charge in [0.2, 0.25) is 0 Å². The Morgan fingerprint density at radius 3 is 3.00 bits per heavy atom. The topological polar surface area (TPSA) is 50.4 Å². The number of rotatable bonds is 1. The van der Waals surface area contributed by atoms with Crippen LogP contribution in [0.1, 0.15) is 23.6 Å². The molecule has 0 saturated carbocycles. The molecule has 0 bridgehead atoms. The molecule has 86 valence electrons. The maximum Gasteiger partial charge on any atom is 0.110 e. The van der Waals surface area contributed by atoms with E-state index in [9.17, 15) is 5.21 Å². The largest absolute Gasteiger partial charge is 0.411 e. The lowest BCUT2D eigenvalue weighted by atomic mass is 9.86. The number of oxime groups is 1. The molecule has 4 heteroatoms. The molecule has 17 heavy (non-hydrogen) atoms. The van der Waals surface area contributed by atoms with Gasteiger partial charge in [0.05, 0.1) is 12.4 Å². The molecule has 0 fully saturated rings. The van der Waals surface area contributed by atoms with E-state index in [-0.39, 0.29) is 6.04 Å². The summed E-state index contributed by atoms with van der Waals surface area (Å²) < 4.78 is 1.99. The number of aryl methyl sites for hydroxylation is 1. The molecular weight excluding hydrogens is 214 g/mol. The standard InChI is InChI=1S/C13H13N3O/c17-15-13-11-4-2-1-3-10(11)5-6-12(13)16-8-7-14-9-16/h1-4,7-9,12,17H,5-6H2/b15-13+. The summed E-state index contributed by atoms with van der Waals surface area (Å²) in [5.41, 5.74) is 3.02. The van der Waals surface area contributed by atoms with Gasteiger partial charge in [-0.05, 0) is 18.4 Å². The number of nitrogens with zero attached hydrogens (tertiary/aromatic N) is 3. The summed E-state index contributed by atoms with van der Waals surface area (Å²) >= 11 is 0. The minimum Gasteiger partial charge on any atom is -0.411 e. The van der Waals surface area contributed by atoms with Crippen LogP contribution in [0.25, 0.3) is 0 Å². The first-order valence-corrected chi connectivity index (χ1v) is 5.68. The molecular formula is C13H13N3O. The number of hydrogen-bond donors (Lipinski definition) is 1. The van der Waals surface area contributed by atoms with E-state index in [2.05, 4.69) is 16.2 Å². The summed E-state index contributed by atoms with van der Waals surface area (Å²) in [6.45, 7) is 0. The van der Waals surface area contributed by atoms with Crippen molar-refractivity contribution in [1.82, 2.24) is 9.55 Å². The molecule has 1 N–H and O–H groups in total. The van der Waals surface area contributed by atoms with Crippen LogP contribution in [0.15, 0.2) is 48.1 Å². The lowest BCUT2D eigenvalue weighted by Crippen LogP contribution is -2.25. The minimum atomic E-state index is 0.0809. The zero-order valence-electron chi connectivity index (χ0n) is 9.32. The van der Waals surface area contributed by atoms with Crippen LogP contribution in [0.5, 0.6) is 0 Å². The van der Waals surface area contributed by atoms with E-state index in [1.165, 1.54) is 5.56 Å². The van der Waals surface area contributed by atoms with Crippen LogP contribution >= 0.6 is 0 Å². The van der Waals surface area contributed by atoms with Gasteiger partial charge in [-0.15, -0.1) is 0 Å². The molecule has 3 rings (SSSR count). The summed E-state index contributed by atoms with van der Waals surface area (Å²) in [6, 6.07) is 8.17. The van der Waals surface area contributed by atoms with Crippen molar-refractivity contribution in [3.63, 3.8) is 0 Å². The maximum absolute atomic E-state index is 9.26. The summed E-state index contributed by atoms with van der Waals surface area (Å²) in [6.07, 6.45) is 7.36. The number of imidazole rings is 1. The second-order valence-electron chi connectivity index (χ2n) is 4.21. The average Bonchev–Trinajstić information content (AvgIpc) is 2.91. The molecule has 0 aliphatic heterocycles. The number of fused-ring (bicyclic) bond motifs is 1. The van der Waals surface area contributed by atoms with Gasteiger partial charge in [-0.1, -0.05) is 29.4 Å². The third-order valence-corrected chi connectivity index (χ3v) is 3.29. The zero-order chi connectivity index (χ0) is 11.7. The molecule has 1 atom stereocenters. The van der Waals surface area contributed by atoms with Crippen molar-refractivity contribution in [2.24, 2.45) is 5.16 Å². The number of hydrogen-bond acceptors (Lipinski definition) is 3. The van der Waals surface area contributed by atoms with E-state index in [4.69, 9.17) is 0 Å². The number of benzene rings is 1. The van der Waals surface area contributed by atoms with Gasteiger partial charge in [-0.25, -0.2) is 4.98 Å². The van der Waals surface area contributed by atoms with Crippen molar-refractivity contribution >= 4 is 5.71 Å². The van der Waals surface area contributed by atoms with Gasteiger partial charge in [0, 0.05) is 18.0 Å². The second-order valence-corrected chi connectivity index (χ2v) is 4.21. The van der Waals surface area contributed by atoms with Gasteiger partial charge in [-0.3, -0.25) is 0 Å². The summed E-state index contributed by atoms with van der Waals surface area (Å²) in [4.78, 5) is 4.05. The van der Waals surface area contributed by atoms with E-state index >= 15 is 0 Å². The molecule has 1 aromatic carbocycles. The Balaban J connectivity index is 2.07. The molecule has 1 unspecified atom stereocenters. The quantitative estimate of drug-likeness (QED) is 0.600. The first kappa shape index (κ1) is 10.1. The molecule has 0 spiro atoms. The Labute approximate surface area is 99.2 Å². The second kappa shape index (κ2) is 4.05. The van der Waals surface area contributed by atoms with Gasteiger partial charge in [0.1, 0.15) is 5.71 Å². The number of aromatic nitrogens is 2.